The number of fused-ring (bicyclic) bond motifs is 1. The fraction of sp³-hybridized carbons (Fsp3) is 0.348. The van der Waals surface area contributed by atoms with Gasteiger partial charge in [-0.05, 0) is 48.4 Å². The average molecular weight is 408 g/mol. The number of nitrogens with zero attached hydrogens (tertiary/aromatic N) is 2. The van der Waals surface area contributed by atoms with Crippen molar-refractivity contribution in [2.45, 2.75) is 32.6 Å². The van der Waals surface area contributed by atoms with E-state index in [0.717, 1.165) is 48.1 Å². The molecule has 0 unspecified atom stereocenters. The Morgan fingerprint density at radius 3 is 2.59 bits per heavy atom. The third-order valence-corrected chi connectivity index (χ3v) is 6.36. The summed E-state index contributed by atoms with van der Waals surface area (Å²) in [6.45, 7) is 3.15. The number of piperidine rings is 1. The van der Waals surface area contributed by atoms with Gasteiger partial charge < -0.3 is 10.2 Å². The molecule has 0 aliphatic carbocycles. The second kappa shape index (κ2) is 8.74. The molecule has 0 saturated carbocycles. The highest BCUT2D eigenvalue weighted by Crippen LogP contribution is 2.27. The minimum Gasteiger partial charge on any atom is -0.342 e. The Morgan fingerprint density at radius 1 is 1.10 bits per heavy atom. The van der Waals surface area contributed by atoms with E-state index in [1.54, 1.807) is 0 Å². The highest BCUT2D eigenvalue weighted by Gasteiger charge is 2.23. The topological polar surface area (TPSA) is 62.3 Å². The van der Waals surface area contributed by atoms with E-state index in [0.29, 0.717) is 17.5 Å². The Hall–Kier alpha value is -2.73. The van der Waals surface area contributed by atoms with E-state index >= 15 is 0 Å². The Labute approximate surface area is 174 Å². The minimum absolute atomic E-state index is 0.130. The van der Waals surface area contributed by atoms with Crippen LogP contribution >= 0.6 is 11.3 Å². The standard InChI is InChI=1S/C23H25N3O2S/c1-16(27)24-23-25-20-8-7-19(14-21(20)29-23)15-22(28)26-11-9-18(10-12-26)13-17-5-3-2-4-6-17/h2-8,14,18H,9-13,15H2,1H3,(H,24,25,27). The van der Waals surface area contributed by atoms with Crippen molar-refractivity contribution in [2.75, 3.05) is 18.4 Å². The molecule has 0 atom stereocenters. The molecule has 0 radical (unpaired) electrons. The molecule has 4 rings (SSSR count). The molecule has 150 valence electrons. The van der Waals surface area contributed by atoms with Gasteiger partial charge in [0.1, 0.15) is 0 Å². The molecule has 1 fully saturated rings. The summed E-state index contributed by atoms with van der Waals surface area (Å²) in [7, 11) is 0. The van der Waals surface area contributed by atoms with Crippen LogP contribution < -0.4 is 5.32 Å². The number of aromatic nitrogens is 1. The van der Waals surface area contributed by atoms with Crippen LogP contribution in [-0.2, 0) is 22.4 Å². The summed E-state index contributed by atoms with van der Waals surface area (Å²) in [6, 6.07) is 16.5. The van der Waals surface area contributed by atoms with Crippen LogP contribution in [0.25, 0.3) is 10.2 Å². The zero-order valence-corrected chi connectivity index (χ0v) is 17.4. The van der Waals surface area contributed by atoms with Crippen molar-refractivity contribution >= 4 is 38.5 Å². The van der Waals surface area contributed by atoms with Crippen molar-refractivity contribution in [2.24, 2.45) is 5.92 Å². The number of nitrogens with one attached hydrogen (secondary N) is 1. The van der Waals surface area contributed by atoms with Gasteiger partial charge in [-0.15, -0.1) is 0 Å². The zero-order chi connectivity index (χ0) is 20.2. The van der Waals surface area contributed by atoms with E-state index in [-0.39, 0.29) is 11.8 Å². The van der Waals surface area contributed by atoms with Gasteiger partial charge in [0.05, 0.1) is 16.6 Å². The molecule has 2 aromatic carbocycles. The van der Waals surface area contributed by atoms with E-state index < -0.39 is 0 Å². The first-order valence-corrected chi connectivity index (χ1v) is 10.9. The predicted molar refractivity (Wildman–Crippen MR) is 117 cm³/mol. The predicted octanol–water partition coefficient (Wildman–Crippen LogP) is 4.28. The van der Waals surface area contributed by atoms with Crippen LogP contribution in [0.2, 0.25) is 0 Å². The lowest BCUT2D eigenvalue weighted by atomic mass is 9.90. The van der Waals surface area contributed by atoms with Gasteiger partial charge in [0.15, 0.2) is 5.13 Å². The molecule has 1 aliphatic rings. The van der Waals surface area contributed by atoms with Crippen LogP contribution in [0.15, 0.2) is 48.5 Å². The van der Waals surface area contributed by atoms with Crippen LogP contribution in [0.4, 0.5) is 5.13 Å². The maximum absolute atomic E-state index is 12.8. The quantitative estimate of drug-likeness (QED) is 0.687. The van der Waals surface area contributed by atoms with Crippen LogP contribution in [0.5, 0.6) is 0 Å². The summed E-state index contributed by atoms with van der Waals surface area (Å²) in [5.74, 6) is 0.714. The van der Waals surface area contributed by atoms with Gasteiger partial charge in [0, 0.05) is 20.0 Å². The smallest absolute Gasteiger partial charge is 0.226 e. The Bertz CT molecular complexity index is 1010. The van der Waals surface area contributed by atoms with Crippen LogP contribution in [-0.4, -0.2) is 34.8 Å². The molecule has 1 aliphatic heterocycles. The van der Waals surface area contributed by atoms with Crippen LogP contribution in [0.3, 0.4) is 0 Å². The molecule has 1 aromatic heterocycles. The van der Waals surface area contributed by atoms with Crippen molar-refractivity contribution in [1.82, 2.24) is 9.88 Å². The maximum atomic E-state index is 12.8. The van der Waals surface area contributed by atoms with Gasteiger partial charge in [0.2, 0.25) is 11.8 Å². The molecule has 6 heteroatoms. The third-order valence-electron chi connectivity index (χ3n) is 5.43. The summed E-state index contributed by atoms with van der Waals surface area (Å²) < 4.78 is 0.987. The number of amides is 2. The number of rotatable bonds is 5. The second-order valence-corrected chi connectivity index (χ2v) is 8.72. The third kappa shape index (κ3) is 5.01. The molecule has 0 spiro atoms. The van der Waals surface area contributed by atoms with Crippen LogP contribution in [0.1, 0.15) is 30.9 Å². The van der Waals surface area contributed by atoms with Crippen molar-refractivity contribution in [3.8, 4) is 0 Å². The van der Waals surface area contributed by atoms with E-state index in [9.17, 15) is 9.59 Å². The lowest BCUT2D eigenvalue weighted by molar-refractivity contribution is -0.131. The first kappa shape index (κ1) is 19.6. The number of hydrogen-bond donors (Lipinski definition) is 1. The van der Waals surface area contributed by atoms with E-state index in [2.05, 4.69) is 40.6 Å². The maximum Gasteiger partial charge on any atom is 0.226 e. The zero-order valence-electron chi connectivity index (χ0n) is 16.6. The van der Waals surface area contributed by atoms with Crippen molar-refractivity contribution in [3.63, 3.8) is 0 Å². The van der Waals surface area contributed by atoms with E-state index in [1.807, 2.05) is 23.1 Å². The van der Waals surface area contributed by atoms with Crippen LogP contribution in [0, 0.1) is 5.92 Å². The molecule has 3 aromatic rings. The van der Waals surface area contributed by atoms with Crippen molar-refractivity contribution < 1.29 is 9.59 Å². The Balaban J connectivity index is 1.33. The number of benzene rings is 2. The highest BCUT2D eigenvalue weighted by atomic mass is 32.1. The summed E-state index contributed by atoms with van der Waals surface area (Å²) in [4.78, 5) is 30.4. The van der Waals surface area contributed by atoms with Crippen molar-refractivity contribution in [3.05, 3.63) is 59.7 Å². The van der Waals surface area contributed by atoms with E-state index in [4.69, 9.17) is 0 Å². The molecule has 5 nitrogen and oxygen atoms in total. The Kier molecular flexibility index (Phi) is 5.90. The SMILES string of the molecule is CC(=O)Nc1nc2ccc(CC(=O)N3CCC(Cc4ccccc4)CC3)cc2s1. The first-order valence-electron chi connectivity index (χ1n) is 10.1. The molecule has 0 bridgehead atoms. The first-order chi connectivity index (χ1) is 14.1. The number of hydrogen-bond acceptors (Lipinski definition) is 4. The molecular weight excluding hydrogens is 382 g/mol. The largest absolute Gasteiger partial charge is 0.342 e. The van der Waals surface area contributed by atoms with Gasteiger partial charge >= 0.3 is 0 Å². The number of carbonyl (C=O) groups excluding carboxylic acids is 2. The van der Waals surface area contributed by atoms with E-state index in [1.165, 1.54) is 23.8 Å². The molecule has 1 N–H and O–H groups in total. The van der Waals surface area contributed by atoms with Gasteiger partial charge in [-0.2, -0.15) is 0 Å². The van der Waals surface area contributed by atoms with Crippen molar-refractivity contribution in [1.29, 1.82) is 0 Å². The Morgan fingerprint density at radius 2 is 1.86 bits per heavy atom. The summed E-state index contributed by atoms with van der Waals surface area (Å²) in [6.07, 6.45) is 3.64. The molecule has 29 heavy (non-hydrogen) atoms. The molecular formula is C23H25N3O2S. The van der Waals surface area contributed by atoms with Gasteiger partial charge in [-0.1, -0.05) is 47.7 Å². The number of anilines is 1. The number of thiazole rings is 1. The lowest BCUT2D eigenvalue weighted by Gasteiger charge is -2.32. The fourth-order valence-corrected chi connectivity index (χ4v) is 4.88. The molecule has 2 heterocycles. The monoisotopic (exact) mass is 407 g/mol. The summed E-state index contributed by atoms with van der Waals surface area (Å²) in [5.41, 5.74) is 3.22. The summed E-state index contributed by atoms with van der Waals surface area (Å²) in [5, 5.41) is 3.31. The second-order valence-electron chi connectivity index (χ2n) is 7.69. The number of carbonyl (C=O) groups is 2. The van der Waals surface area contributed by atoms with Gasteiger partial charge in [-0.25, -0.2) is 4.98 Å². The normalized spacial score (nSPS) is 14.9. The van der Waals surface area contributed by atoms with Gasteiger partial charge in [0.25, 0.3) is 0 Å². The average Bonchev–Trinajstić information content (AvgIpc) is 3.10. The highest BCUT2D eigenvalue weighted by molar-refractivity contribution is 7.22. The van der Waals surface area contributed by atoms with Gasteiger partial charge in [-0.3, -0.25) is 9.59 Å². The molecule has 2 amide bonds. The fourth-order valence-electron chi connectivity index (χ4n) is 3.90. The molecule has 1 saturated heterocycles. The lowest BCUT2D eigenvalue weighted by Crippen LogP contribution is -2.39. The number of likely N-dealkylation sites (tertiary alicyclic amines) is 1. The summed E-state index contributed by atoms with van der Waals surface area (Å²) >= 11 is 1.44. The minimum atomic E-state index is -0.130.